The molecule has 3 N–H and O–H groups in total. The van der Waals surface area contributed by atoms with E-state index in [1.54, 1.807) is 13.0 Å². The smallest absolute Gasteiger partial charge is 0.308 e. The number of rotatable bonds is 4. The minimum absolute atomic E-state index is 0.0648. The SMILES string of the molecule is COC(=O)C1CCN(c2ncnc(Nc3cc(C)on3)c2N)CC1. The van der Waals surface area contributed by atoms with Crippen molar-refractivity contribution in [1.82, 2.24) is 15.1 Å². The molecular weight excluding hydrogens is 312 g/mol. The van der Waals surface area contributed by atoms with Crippen LogP contribution in [0.15, 0.2) is 16.9 Å². The van der Waals surface area contributed by atoms with Gasteiger partial charge < -0.3 is 25.2 Å². The van der Waals surface area contributed by atoms with Crippen LogP contribution in [-0.2, 0) is 9.53 Å². The number of carbonyl (C=O) groups excluding carboxylic acids is 1. The van der Waals surface area contributed by atoms with Crippen molar-refractivity contribution >= 4 is 29.1 Å². The molecule has 0 atom stereocenters. The van der Waals surface area contributed by atoms with Crippen LogP contribution >= 0.6 is 0 Å². The van der Waals surface area contributed by atoms with E-state index >= 15 is 0 Å². The average Bonchev–Trinajstić information content (AvgIpc) is 3.01. The van der Waals surface area contributed by atoms with Crippen LogP contribution in [-0.4, -0.2) is 41.3 Å². The van der Waals surface area contributed by atoms with Crippen LogP contribution in [0.25, 0.3) is 0 Å². The lowest BCUT2D eigenvalue weighted by Gasteiger charge is -2.32. The number of nitrogens with one attached hydrogen (secondary N) is 1. The van der Waals surface area contributed by atoms with Gasteiger partial charge in [-0.15, -0.1) is 0 Å². The van der Waals surface area contributed by atoms with Crippen LogP contribution in [0.2, 0.25) is 0 Å². The Labute approximate surface area is 139 Å². The molecule has 0 spiro atoms. The molecule has 0 unspecified atom stereocenters. The van der Waals surface area contributed by atoms with E-state index in [-0.39, 0.29) is 11.9 Å². The average molecular weight is 332 g/mol. The number of anilines is 4. The molecule has 0 radical (unpaired) electrons. The molecular formula is C15H20N6O3. The molecule has 1 aliphatic heterocycles. The number of carbonyl (C=O) groups is 1. The highest BCUT2D eigenvalue weighted by atomic mass is 16.5. The van der Waals surface area contributed by atoms with Crippen LogP contribution in [0.1, 0.15) is 18.6 Å². The van der Waals surface area contributed by atoms with Crippen molar-refractivity contribution in [3.8, 4) is 0 Å². The highest BCUT2D eigenvalue weighted by molar-refractivity contribution is 5.78. The quantitative estimate of drug-likeness (QED) is 0.802. The number of piperidine rings is 1. The van der Waals surface area contributed by atoms with Gasteiger partial charge in [0, 0.05) is 19.2 Å². The lowest BCUT2D eigenvalue weighted by Crippen LogP contribution is -2.37. The van der Waals surface area contributed by atoms with Crippen molar-refractivity contribution in [2.75, 3.05) is 36.1 Å². The first-order valence-electron chi connectivity index (χ1n) is 7.72. The van der Waals surface area contributed by atoms with Gasteiger partial charge in [-0.1, -0.05) is 5.16 Å². The first-order valence-corrected chi connectivity index (χ1v) is 7.72. The second kappa shape index (κ2) is 6.73. The second-order valence-corrected chi connectivity index (χ2v) is 5.69. The molecule has 3 rings (SSSR count). The molecule has 9 heteroatoms. The van der Waals surface area contributed by atoms with Crippen molar-refractivity contribution < 1.29 is 14.1 Å². The Balaban J connectivity index is 1.73. The standard InChI is InChI=1S/C15H20N6O3/c1-9-7-11(20-24-9)19-13-12(16)14(18-8-17-13)21-5-3-10(4-6-21)15(22)23-2/h7-8,10H,3-6,16H2,1-2H3,(H,17,18,19,20). The van der Waals surface area contributed by atoms with E-state index in [1.807, 2.05) is 0 Å². The molecule has 3 heterocycles. The van der Waals surface area contributed by atoms with Gasteiger partial charge in [-0.25, -0.2) is 9.97 Å². The summed E-state index contributed by atoms with van der Waals surface area (Å²) in [5.41, 5.74) is 6.65. The molecule has 1 aliphatic rings. The van der Waals surface area contributed by atoms with Crippen molar-refractivity contribution in [3.63, 3.8) is 0 Å². The number of esters is 1. The van der Waals surface area contributed by atoms with E-state index in [2.05, 4.69) is 25.3 Å². The summed E-state index contributed by atoms with van der Waals surface area (Å²) in [5, 5.41) is 6.89. The Morgan fingerprint density at radius 2 is 2.17 bits per heavy atom. The Hall–Kier alpha value is -2.84. The number of ether oxygens (including phenoxy) is 1. The predicted molar refractivity (Wildman–Crippen MR) is 87.9 cm³/mol. The number of hydrogen-bond donors (Lipinski definition) is 2. The Bertz CT molecular complexity index is 724. The van der Waals surface area contributed by atoms with E-state index in [0.29, 0.717) is 54.8 Å². The summed E-state index contributed by atoms with van der Waals surface area (Å²) >= 11 is 0. The summed E-state index contributed by atoms with van der Waals surface area (Å²) in [5.74, 6) is 2.13. The van der Waals surface area contributed by atoms with E-state index in [4.69, 9.17) is 15.0 Å². The maximum Gasteiger partial charge on any atom is 0.308 e. The van der Waals surface area contributed by atoms with Gasteiger partial charge in [0.05, 0.1) is 13.0 Å². The summed E-state index contributed by atoms with van der Waals surface area (Å²) in [7, 11) is 1.42. The van der Waals surface area contributed by atoms with Crippen molar-refractivity contribution in [2.45, 2.75) is 19.8 Å². The number of nitrogens with two attached hydrogens (primary N) is 1. The van der Waals surface area contributed by atoms with Crippen LogP contribution in [0, 0.1) is 12.8 Å². The van der Waals surface area contributed by atoms with Gasteiger partial charge in [-0.05, 0) is 19.8 Å². The van der Waals surface area contributed by atoms with E-state index in [9.17, 15) is 4.79 Å². The molecule has 1 fully saturated rings. The molecule has 128 valence electrons. The molecule has 24 heavy (non-hydrogen) atoms. The van der Waals surface area contributed by atoms with E-state index in [1.165, 1.54) is 13.4 Å². The molecule has 0 bridgehead atoms. The van der Waals surface area contributed by atoms with Gasteiger partial charge >= 0.3 is 5.97 Å². The summed E-state index contributed by atoms with van der Waals surface area (Å²) in [4.78, 5) is 22.1. The normalized spacial score (nSPS) is 15.3. The fourth-order valence-corrected chi connectivity index (χ4v) is 2.78. The third-order valence-electron chi connectivity index (χ3n) is 4.07. The molecule has 0 aromatic carbocycles. The van der Waals surface area contributed by atoms with Crippen LogP contribution in [0.5, 0.6) is 0 Å². The lowest BCUT2D eigenvalue weighted by atomic mass is 9.97. The number of hydrogen-bond acceptors (Lipinski definition) is 9. The topological polar surface area (TPSA) is 119 Å². The largest absolute Gasteiger partial charge is 0.469 e. The maximum absolute atomic E-state index is 11.6. The molecule has 0 amide bonds. The zero-order valence-corrected chi connectivity index (χ0v) is 13.7. The zero-order valence-electron chi connectivity index (χ0n) is 13.7. The van der Waals surface area contributed by atoms with Gasteiger partial charge in [-0.3, -0.25) is 4.79 Å². The summed E-state index contributed by atoms with van der Waals surface area (Å²) < 4.78 is 9.83. The summed E-state index contributed by atoms with van der Waals surface area (Å²) in [6.07, 6.45) is 2.87. The predicted octanol–water partition coefficient (Wildman–Crippen LogP) is 1.49. The number of methoxy groups -OCH3 is 1. The molecule has 1 saturated heterocycles. The number of nitrogen functional groups attached to an aromatic ring is 1. The third-order valence-corrected chi connectivity index (χ3v) is 4.07. The first-order chi connectivity index (χ1) is 11.6. The highest BCUT2D eigenvalue weighted by Crippen LogP contribution is 2.31. The molecule has 2 aromatic heterocycles. The van der Waals surface area contributed by atoms with Crippen LogP contribution < -0.4 is 16.0 Å². The van der Waals surface area contributed by atoms with Gasteiger partial charge in [0.25, 0.3) is 0 Å². The Morgan fingerprint density at radius 3 is 2.79 bits per heavy atom. The minimum atomic E-state index is -0.158. The fourth-order valence-electron chi connectivity index (χ4n) is 2.78. The number of aryl methyl sites for hydroxylation is 1. The van der Waals surface area contributed by atoms with Gasteiger partial charge in [0.1, 0.15) is 17.8 Å². The summed E-state index contributed by atoms with van der Waals surface area (Å²) in [6, 6.07) is 1.75. The summed E-state index contributed by atoms with van der Waals surface area (Å²) in [6.45, 7) is 3.17. The van der Waals surface area contributed by atoms with Crippen LogP contribution in [0.4, 0.5) is 23.1 Å². The lowest BCUT2D eigenvalue weighted by molar-refractivity contribution is -0.146. The second-order valence-electron chi connectivity index (χ2n) is 5.69. The minimum Gasteiger partial charge on any atom is -0.469 e. The van der Waals surface area contributed by atoms with Gasteiger partial charge in [-0.2, -0.15) is 0 Å². The Morgan fingerprint density at radius 1 is 1.42 bits per heavy atom. The zero-order chi connectivity index (χ0) is 17.1. The third kappa shape index (κ3) is 3.24. The van der Waals surface area contributed by atoms with E-state index in [0.717, 1.165) is 0 Å². The van der Waals surface area contributed by atoms with E-state index < -0.39 is 0 Å². The molecule has 9 nitrogen and oxygen atoms in total. The Kier molecular flexibility index (Phi) is 4.50. The van der Waals surface area contributed by atoms with Crippen molar-refractivity contribution in [1.29, 1.82) is 0 Å². The van der Waals surface area contributed by atoms with Crippen molar-refractivity contribution in [2.24, 2.45) is 5.92 Å². The van der Waals surface area contributed by atoms with Gasteiger partial charge in [0.15, 0.2) is 17.5 Å². The monoisotopic (exact) mass is 332 g/mol. The number of nitrogens with zero attached hydrogens (tertiary/aromatic N) is 4. The fraction of sp³-hybridized carbons (Fsp3) is 0.467. The van der Waals surface area contributed by atoms with Gasteiger partial charge in [0.2, 0.25) is 0 Å². The first kappa shape index (κ1) is 16.0. The van der Waals surface area contributed by atoms with Crippen LogP contribution in [0.3, 0.4) is 0 Å². The molecule has 0 saturated carbocycles. The maximum atomic E-state index is 11.6. The molecule has 0 aliphatic carbocycles. The molecule has 2 aromatic rings. The highest BCUT2D eigenvalue weighted by Gasteiger charge is 2.27. The number of aromatic nitrogens is 3. The van der Waals surface area contributed by atoms with Crippen molar-refractivity contribution in [3.05, 3.63) is 18.2 Å².